The minimum atomic E-state index is 1.16. The summed E-state index contributed by atoms with van der Waals surface area (Å²) in [7, 11) is 0. The van der Waals surface area contributed by atoms with Gasteiger partial charge in [-0.3, -0.25) is 4.98 Å². The quantitative estimate of drug-likeness (QED) is 0.707. The summed E-state index contributed by atoms with van der Waals surface area (Å²) in [4.78, 5) is 5.81. The van der Waals surface area contributed by atoms with Gasteiger partial charge in [-0.25, -0.2) is 0 Å². The molecule has 0 unspecified atom stereocenters. The third-order valence-electron chi connectivity index (χ3n) is 2.16. The predicted molar refractivity (Wildman–Crippen MR) is 58.4 cm³/mol. The molecule has 0 atom stereocenters. The molecule has 13 heavy (non-hydrogen) atoms. The second-order valence-corrected chi connectivity index (χ2v) is 4.44. The summed E-state index contributed by atoms with van der Waals surface area (Å²) in [6, 6.07) is 4.30. The van der Waals surface area contributed by atoms with E-state index < -0.39 is 0 Å². The first kappa shape index (κ1) is 8.70. The Hall–Kier alpha value is -0.890. The van der Waals surface area contributed by atoms with E-state index in [1.807, 2.05) is 17.5 Å². The van der Waals surface area contributed by atoms with Crippen LogP contribution in [0.5, 0.6) is 0 Å². The molecule has 0 aliphatic carbocycles. The first-order chi connectivity index (χ1) is 6.31. The van der Waals surface area contributed by atoms with Gasteiger partial charge in [0.1, 0.15) is 0 Å². The second kappa shape index (κ2) is 3.46. The molecule has 0 N–H and O–H groups in total. The van der Waals surface area contributed by atoms with E-state index in [0.29, 0.717) is 0 Å². The van der Waals surface area contributed by atoms with Crippen molar-refractivity contribution >= 4 is 21.6 Å². The largest absolute Gasteiger partial charge is 0.255 e. The Labute approximate surface area is 82.4 Å². The number of nitrogens with zero attached hydrogens (tertiary/aromatic N) is 1. The molecule has 2 rings (SSSR count). The molecule has 0 fully saturated rings. The molecule has 0 aliphatic heterocycles. The lowest BCUT2D eigenvalue weighted by Gasteiger charge is -1.91. The fourth-order valence-electron chi connectivity index (χ4n) is 1.48. The maximum absolute atomic E-state index is 4.36. The Morgan fingerprint density at radius 2 is 2.31 bits per heavy atom. The zero-order chi connectivity index (χ0) is 9.26. The molecular formula is C11H13NS. The third-order valence-corrected chi connectivity index (χ3v) is 3.48. The molecule has 0 aromatic carbocycles. The van der Waals surface area contributed by atoms with E-state index in [2.05, 4.69) is 31.0 Å². The van der Waals surface area contributed by atoms with Crippen molar-refractivity contribution in [2.75, 3.05) is 0 Å². The van der Waals surface area contributed by atoms with Crippen LogP contribution in [0.15, 0.2) is 18.3 Å². The SMILES string of the molecule is CCCc1cc2nccc(C)c2s1. The summed E-state index contributed by atoms with van der Waals surface area (Å²) in [5, 5.41) is 0. The molecule has 2 heterocycles. The van der Waals surface area contributed by atoms with E-state index in [1.54, 1.807) is 0 Å². The van der Waals surface area contributed by atoms with E-state index in [-0.39, 0.29) is 0 Å². The van der Waals surface area contributed by atoms with Crippen molar-refractivity contribution in [1.82, 2.24) is 4.98 Å². The molecular weight excluding hydrogens is 178 g/mol. The highest BCUT2D eigenvalue weighted by Crippen LogP contribution is 2.27. The molecule has 0 aliphatic rings. The molecule has 68 valence electrons. The molecule has 0 bridgehead atoms. The highest BCUT2D eigenvalue weighted by molar-refractivity contribution is 7.19. The molecule has 2 aromatic rings. The van der Waals surface area contributed by atoms with Gasteiger partial charge in [0.15, 0.2) is 0 Å². The molecule has 0 spiro atoms. The van der Waals surface area contributed by atoms with Gasteiger partial charge in [-0.1, -0.05) is 13.3 Å². The van der Waals surface area contributed by atoms with Crippen LogP contribution in [0.3, 0.4) is 0 Å². The normalized spacial score (nSPS) is 10.9. The van der Waals surface area contributed by atoms with Crippen LogP contribution in [0, 0.1) is 6.92 Å². The summed E-state index contributed by atoms with van der Waals surface area (Å²) in [5.74, 6) is 0. The zero-order valence-electron chi connectivity index (χ0n) is 8.00. The van der Waals surface area contributed by atoms with Gasteiger partial charge in [0.25, 0.3) is 0 Å². The van der Waals surface area contributed by atoms with E-state index in [9.17, 15) is 0 Å². The minimum absolute atomic E-state index is 1.16. The van der Waals surface area contributed by atoms with Gasteiger partial charge in [-0.15, -0.1) is 11.3 Å². The Morgan fingerprint density at radius 1 is 1.46 bits per heavy atom. The molecule has 2 heteroatoms. The lowest BCUT2D eigenvalue weighted by molar-refractivity contribution is 0.940. The van der Waals surface area contributed by atoms with Gasteiger partial charge < -0.3 is 0 Å². The van der Waals surface area contributed by atoms with E-state index in [1.165, 1.54) is 28.0 Å². The summed E-state index contributed by atoms with van der Waals surface area (Å²) in [6.07, 6.45) is 4.28. The van der Waals surface area contributed by atoms with E-state index >= 15 is 0 Å². The Bertz CT molecular complexity index is 417. The van der Waals surface area contributed by atoms with Crippen LogP contribution in [0.1, 0.15) is 23.8 Å². The molecule has 0 saturated carbocycles. The fourth-order valence-corrected chi connectivity index (χ4v) is 2.67. The maximum atomic E-state index is 4.36. The Morgan fingerprint density at radius 3 is 3.00 bits per heavy atom. The predicted octanol–water partition coefficient (Wildman–Crippen LogP) is 3.56. The third kappa shape index (κ3) is 1.59. The van der Waals surface area contributed by atoms with Crippen LogP contribution in [-0.4, -0.2) is 4.98 Å². The number of aromatic nitrogens is 1. The van der Waals surface area contributed by atoms with Crippen molar-refractivity contribution < 1.29 is 0 Å². The van der Waals surface area contributed by atoms with Gasteiger partial charge in [-0.05, 0) is 31.0 Å². The van der Waals surface area contributed by atoms with Crippen molar-refractivity contribution in [3.8, 4) is 0 Å². The van der Waals surface area contributed by atoms with Gasteiger partial charge in [0, 0.05) is 11.1 Å². The zero-order valence-corrected chi connectivity index (χ0v) is 8.82. The van der Waals surface area contributed by atoms with Crippen LogP contribution in [0.2, 0.25) is 0 Å². The highest BCUT2D eigenvalue weighted by atomic mass is 32.1. The number of hydrogen-bond donors (Lipinski definition) is 0. The first-order valence-corrected chi connectivity index (χ1v) is 5.47. The lowest BCUT2D eigenvalue weighted by Crippen LogP contribution is -1.74. The summed E-state index contributed by atoms with van der Waals surface area (Å²) in [5.41, 5.74) is 2.51. The smallest absolute Gasteiger partial charge is 0.0815 e. The summed E-state index contributed by atoms with van der Waals surface area (Å²) >= 11 is 1.89. The first-order valence-electron chi connectivity index (χ1n) is 4.65. The molecule has 2 aromatic heterocycles. The standard InChI is InChI=1S/C11H13NS/c1-3-4-9-7-10-11(13-9)8(2)5-6-12-10/h5-7H,3-4H2,1-2H3. The average molecular weight is 191 g/mol. The maximum Gasteiger partial charge on any atom is 0.0815 e. The van der Waals surface area contributed by atoms with Crippen LogP contribution in [0.25, 0.3) is 10.2 Å². The van der Waals surface area contributed by atoms with Crippen molar-refractivity contribution in [2.45, 2.75) is 26.7 Å². The van der Waals surface area contributed by atoms with Gasteiger partial charge in [0.05, 0.1) is 10.2 Å². The minimum Gasteiger partial charge on any atom is -0.255 e. The Kier molecular flexibility index (Phi) is 2.32. The van der Waals surface area contributed by atoms with Crippen molar-refractivity contribution in [2.24, 2.45) is 0 Å². The fraction of sp³-hybridized carbons (Fsp3) is 0.364. The highest BCUT2D eigenvalue weighted by Gasteiger charge is 2.03. The van der Waals surface area contributed by atoms with Crippen LogP contribution in [0.4, 0.5) is 0 Å². The van der Waals surface area contributed by atoms with Crippen molar-refractivity contribution in [3.05, 3.63) is 28.8 Å². The molecule has 0 radical (unpaired) electrons. The molecule has 0 saturated heterocycles. The monoisotopic (exact) mass is 191 g/mol. The van der Waals surface area contributed by atoms with E-state index in [0.717, 1.165) is 5.52 Å². The van der Waals surface area contributed by atoms with Gasteiger partial charge in [-0.2, -0.15) is 0 Å². The summed E-state index contributed by atoms with van der Waals surface area (Å²) in [6.45, 7) is 4.36. The second-order valence-electron chi connectivity index (χ2n) is 3.30. The number of aryl methyl sites for hydroxylation is 2. The average Bonchev–Trinajstić information content (AvgIpc) is 2.49. The number of thiophene rings is 1. The Balaban J connectivity index is 2.55. The van der Waals surface area contributed by atoms with Crippen LogP contribution < -0.4 is 0 Å². The molecule has 1 nitrogen and oxygen atoms in total. The number of rotatable bonds is 2. The van der Waals surface area contributed by atoms with Crippen LogP contribution in [-0.2, 0) is 6.42 Å². The van der Waals surface area contributed by atoms with Crippen molar-refractivity contribution in [1.29, 1.82) is 0 Å². The number of pyridine rings is 1. The topological polar surface area (TPSA) is 12.9 Å². The van der Waals surface area contributed by atoms with Gasteiger partial charge >= 0.3 is 0 Å². The van der Waals surface area contributed by atoms with Crippen molar-refractivity contribution in [3.63, 3.8) is 0 Å². The number of fused-ring (bicyclic) bond motifs is 1. The van der Waals surface area contributed by atoms with Gasteiger partial charge in [0.2, 0.25) is 0 Å². The van der Waals surface area contributed by atoms with Crippen LogP contribution >= 0.6 is 11.3 Å². The summed E-state index contributed by atoms with van der Waals surface area (Å²) < 4.78 is 1.35. The van der Waals surface area contributed by atoms with E-state index in [4.69, 9.17) is 0 Å². The lowest BCUT2D eigenvalue weighted by atomic mass is 10.2. The number of hydrogen-bond acceptors (Lipinski definition) is 2. The molecule has 0 amide bonds.